The number of hydrogen-bond donors (Lipinski definition) is 1. The second-order valence-electron chi connectivity index (χ2n) is 6.13. The van der Waals surface area contributed by atoms with E-state index in [2.05, 4.69) is 15.2 Å². The normalized spacial score (nSPS) is 16.3. The van der Waals surface area contributed by atoms with Gasteiger partial charge < -0.3 is 19.8 Å². The van der Waals surface area contributed by atoms with Crippen LogP contribution in [0.2, 0.25) is 0 Å². The standard InChI is InChI=1S/C17H19N5O3/c23-22(24)17-16(19-15-7-1-2-10-21(15)17)18-12-13(14-6-5-11-25-14)20-8-3-4-9-20/h1-2,5-7,10-11,13,18H,3-4,8-9,12H2. The van der Waals surface area contributed by atoms with Crippen molar-refractivity contribution in [3.8, 4) is 0 Å². The Kier molecular flexibility index (Phi) is 4.10. The molecule has 0 saturated carbocycles. The van der Waals surface area contributed by atoms with Gasteiger partial charge in [0.05, 0.1) is 18.5 Å². The molecule has 1 aliphatic heterocycles. The minimum Gasteiger partial charge on any atom is -0.468 e. The number of imidazole rings is 1. The van der Waals surface area contributed by atoms with Crippen LogP contribution >= 0.6 is 0 Å². The van der Waals surface area contributed by atoms with E-state index >= 15 is 0 Å². The van der Waals surface area contributed by atoms with E-state index in [-0.39, 0.29) is 17.7 Å². The Morgan fingerprint density at radius 3 is 2.84 bits per heavy atom. The van der Waals surface area contributed by atoms with E-state index < -0.39 is 4.92 Å². The van der Waals surface area contributed by atoms with Gasteiger partial charge in [0.2, 0.25) is 11.5 Å². The van der Waals surface area contributed by atoms with Gasteiger partial charge in [-0.3, -0.25) is 4.90 Å². The fraction of sp³-hybridized carbons (Fsp3) is 0.353. The number of hydrogen-bond acceptors (Lipinski definition) is 6. The van der Waals surface area contributed by atoms with Crippen molar-refractivity contribution in [3.63, 3.8) is 0 Å². The molecule has 1 fully saturated rings. The molecule has 1 N–H and O–H groups in total. The molecule has 0 bridgehead atoms. The van der Waals surface area contributed by atoms with Crippen LogP contribution in [0.1, 0.15) is 24.6 Å². The molecule has 130 valence electrons. The van der Waals surface area contributed by atoms with E-state index in [0.717, 1.165) is 31.7 Å². The van der Waals surface area contributed by atoms with Crippen molar-refractivity contribution in [2.24, 2.45) is 0 Å². The molecule has 0 spiro atoms. The van der Waals surface area contributed by atoms with Gasteiger partial charge in [-0.1, -0.05) is 6.07 Å². The monoisotopic (exact) mass is 341 g/mol. The number of nitro groups is 1. The van der Waals surface area contributed by atoms with E-state index in [1.807, 2.05) is 18.2 Å². The Morgan fingerprint density at radius 1 is 1.28 bits per heavy atom. The van der Waals surface area contributed by atoms with E-state index in [0.29, 0.717) is 12.2 Å². The second kappa shape index (κ2) is 6.56. The minimum atomic E-state index is -0.403. The van der Waals surface area contributed by atoms with Crippen molar-refractivity contribution < 1.29 is 9.34 Å². The van der Waals surface area contributed by atoms with Crippen molar-refractivity contribution in [3.05, 3.63) is 58.7 Å². The molecule has 1 saturated heterocycles. The number of nitrogens with zero attached hydrogens (tertiary/aromatic N) is 4. The zero-order chi connectivity index (χ0) is 17.2. The van der Waals surface area contributed by atoms with Crippen molar-refractivity contribution in [2.45, 2.75) is 18.9 Å². The van der Waals surface area contributed by atoms with Gasteiger partial charge in [-0.25, -0.2) is 0 Å². The number of rotatable bonds is 6. The summed E-state index contributed by atoms with van der Waals surface area (Å²) in [5, 5.41) is 14.7. The summed E-state index contributed by atoms with van der Waals surface area (Å²) >= 11 is 0. The lowest BCUT2D eigenvalue weighted by Gasteiger charge is -2.25. The predicted octanol–water partition coefficient (Wildman–Crippen LogP) is 3.08. The highest BCUT2D eigenvalue weighted by atomic mass is 16.6. The van der Waals surface area contributed by atoms with Crippen LogP contribution in [0, 0.1) is 10.1 Å². The highest BCUT2D eigenvalue weighted by molar-refractivity contribution is 5.62. The molecule has 1 atom stereocenters. The Labute approximate surface area is 144 Å². The molecule has 0 aliphatic carbocycles. The average molecular weight is 341 g/mol. The van der Waals surface area contributed by atoms with Gasteiger partial charge >= 0.3 is 5.82 Å². The minimum absolute atomic E-state index is 0.0296. The van der Waals surface area contributed by atoms with Crippen LogP contribution in [0.3, 0.4) is 0 Å². The van der Waals surface area contributed by atoms with E-state index in [1.165, 1.54) is 4.40 Å². The number of anilines is 1. The van der Waals surface area contributed by atoms with Crippen molar-refractivity contribution >= 4 is 17.3 Å². The summed E-state index contributed by atoms with van der Waals surface area (Å²) in [4.78, 5) is 17.8. The second-order valence-corrected chi connectivity index (χ2v) is 6.13. The van der Waals surface area contributed by atoms with Crippen LogP contribution in [0.5, 0.6) is 0 Å². The first-order chi connectivity index (χ1) is 12.2. The average Bonchev–Trinajstić information content (AvgIpc) is 3.36. The number of nitrogens with one attached hydrogen (secondary N) is 1. The maximum Gasteiger partial charge on any atom is 0.372 e. The summed E-state index contributed by atoms with van der Waals surface area (Å²) in [6.07, 6.45) is 5.62. The molecule has 0 radical (unpaired) electrons. The Morgan fingerprint density at radius 2 is 2.12 bits per heavy atom. The molecule has 1 unspecified atom stereocenters. The maximum absolute atomic E-state index is 11.5. The summed E-state index contributed by atoms with van der Waals surface area (Å²) in [7, 11) is 0. The first-order valence-corrected chi connectivity index (χ1v) is 8.37. The third-order valence-electron chi connectivity index (χ3n) is 4.59. The zero-order valence-electron chi connectivity index (χ0n) is 13.7. The number of fused-ring (bicyclic) bond motifs is 1. The lowest BCUT2D eigenvalue weighted by atomic mass is 10.2. The maximum atomic E-state index is 11.5. The van der Waals surface area contributed by atoms with Crippen LogP contribution in [0.15, 0.2) is 47.2 Å². The highest BCUT2D eigenvalue weighted by Crippen LogP contribution is 2.29. The van der Waals surface area contributed by atoms with Crippen LogP contribution in [0.25, 0.3) is 5.65 Å². The molecule has 3 aromatic heterocycles. The molecule has 8 nitrogen and oxygen atoms in total. The van der Waals surface area contributed by atoms with Crippen molar-refractivity contribution in [1.29, 1.82) is 0 Å². The molecule has 0 amide bonds. The van der Waals surface area contributed by atoms with E-state index in [4.69, 9.17) is 4.42 Å². The molecule has 8 heteroatoms. The van der Waals surface area contributed by atoms with Gasteiger partial charge in [0.1, 0.15) is 5.76 Å². The highest BCUT2D eigenvalue weighted by Gasteiger charge is 2.28. The summed E-state index contributed by atoms with van der Waals surface area (Å²) in [6.45, 7) is 2.50. The molecule has 3 aromatic rings. The van der Waals surface area contributed by atoms with Crippen LogP contribution in [-0.2, 0) is 0 Å². The molecular weight excluding hydrogens is 322 g/mol. The fourth-order valence-corrected chi connectivity index (χ4v) is 3.41. The summed E-state index contributed by atoms with van der Waals surface area (Å²) < 4.78 is 7.08. The third-order valence-corrected chi connectivity index (χ3v) is 4.59. The lowest BCUT2D eigenvalue weighted by molar-refractivity contribution is -0.389. The van der Waals surface area contributed by atoms with Gasteiger partial charge in [-0.2, -0.15) is 9.38 Å². The Hall–Kier alpha value is -2.87. The summed E-state index contributed by atoms with van der Waals surface area (Å²) in [6, 6.07) is 9.16. The van der Waals surface area contributed by atoms with Gasteiger partial charge in [0.25, 0.3) is 0 Å². The first kappa shape index (κ1) is 15.6. The molecular formula is C17H19N5O3. The number of likely N-dealkylation sites (tertiary alicyclic amines) is 1. The Bertz CT molecular complexity index is 868. The number of aromatic nitrogens is 2. The molecule has 1 aliphatic rings. The Balaban J connectivity index is 1.61. The third kappa shape index (κ3) is 2.96. The first-order valence-electron chi connectivity index (χ1n) is 8.37. The van der Waals surface area contributed by atoms with Crippen LogP contribution in [-0.4, -0.2) is 38.8 Å². The smallest absolute Gasteiger partial charge is 0.372 e. The van der Waals surface area contributed by atoms with Gasteiger partial charge in [-0.15, -0.1) is 0 Å². The zero-order valence-corrected chi connectivity index (χ0v) is 13.7. The predicted molar refractivity (Wildman–Crippen MR) is 92.6 cm³/mol. The summed E-state index contributed by atoms with van der Waals surface area (Å²) in [5.74, 6) is 1.10. The van der Waals surface area contributed by atoms with Crippen molar-refractivity contribution in [1.82, 2.24) is 14.3 Å². The topological polar surface area (TPSA) is 88.8 Å². The van der Waals surface area contributed by atoms with E-state index in [9.17, 15) is 10.1 Å². The molecule has 0 aromatic carbocycles. The van der Waals surface area contributed by atoms with Gasteiger partial charge in [0, 0.05) is 12.6 Å². The van der Waals surface area contributed by atoms with Crippen LogP contribution < -0.4 is 5.32 Å². The molecule has 4 heterocycles. The summed E-state index contributed by atoms with van der Waals surface area (Å²) in [5.41, 5.74) is 0.549. The molecule has 25 heavy (non-hydrogen) atoms. The van der Waals surface area contributed by atoms with Gasteiger partial charge in [-0.05, 0) is 49.1 Å². The number of pyridine rings is 1. The van der Waals surface area contributed by atoms with Crippen molar-refractivity contribution in [2.75, 3.05) is 25.0 Å². The van der Waals surface area contributed by atoms with E-state index in [1.54, 1.807) is 24.6 Å². The molecule has 4 rings (SSSR count). The lowest BCUT2D eigenvalue weighted by Crippen LogP contribution is -2.30. The largest absolute Gasteiger partial charge is 0.468 e. The van der Waals surface area contributed by atoms with Crippen LogP contribution in [0.4, 0.5) is 11.6 Å². The quantitative estimate of drug-likeness (QED) is 0.547. The fourth-order valence-electron chi connectivity index (χ4n) is 3.41. The van der Waals surface area contributed by atoms with Gasteiger partial charge in [0.15, 0.2) is 0 Å². The number of furan rings is 1. The SMILES string of the molecule is O=[N+]([O-])c1c(NCC(c2ccco2)N2CCCC2)nc2ccccn12.